The van der Waals surface area contributed by atoms with Crippen LogP contribution < -0.4 is 4.72 Å². The molecule has 1 fully saturated rings. The van der Waals surface area contributed by atoms with E-state index in [-0.39, 0.29) is 12.1 Å². The summed E-state index contributed by atoms with van der Waals surface area (Å²) in [6.45, 7) is 2.61. The lowest BCUT2D eigenvalue weighted by Gasteiger charge is -2.40. The standard InChI is InChI=1S/C22H28N2O4S/c1-16-9-11-18(12-10-16)19-7-4-6-17(14-19)15-21-20(23-29(3,26)27)8-5-13-24(21)22(25)28-2/h4,6-7,9-12,14,20-21,23H,5,8,13,15H2,1-3H3. The quantitative estimate of drug-likeness (QED) is 0.811. The zero-order valence-corrected chi connectivity index (χ0v) is 17.9. The molecule has 0 radical (unpaired) electrons. The van der Waals surface area contributed by atoms with Crippen LogP contribution in [0.5, 0.6) is 0 Å². The molecule has 0 aliphatic carbocycles. The van der Waals surface area contributed by atoms with Gasteiger partial charge in [0.05, 0.1) is 19.4 Å². The van der Waals surface area contributed by atoms with E-state index in [1.807, 2.05) is 12.1 Å². The Bertz CT molecular complexity index is 957. The minimum Gasteiger partial charge on any atom is -0.453 e. The fourth-order valence-electron chi connectivity index (χ4n) is 3.93. The zero-order valence-electron chi connectivity index (χ0n) is 17.1. The third-order valence-corrected chi connectivity index (χ3v) is 6.04. The van der Waals surface area contributed by atoms with Gasteiger partial charge in [-0.2, -0.15) is 0 Å². The van der Waals surface area contributed by atoms with Crippen LogP contribution in [0.15, 0.2) is 48.5 Å². The average molecular weight is 417 g/mol. The smallest absolute Gasteiger partial charge is 0.409 e. The van der Waals surface area contributed by atoms with Crippen LogP contribution >= 0.6 is 0 Å². The monoisotopic (exact) mass is 416 g/mol. The van der Waals surface area contributed by atoms with Gasteiger partial charge in [-0.25, -0.2) is 17.9 Å². The fraction of sp³-hybridized carbons (Fsp3) is 0.409. The highest BCUT2D eigenvalue weighted by atomic mass is 32.2. The van der Waals surface area contributed by atoms with Crippen molar-refractivity contribution in [3.8, 4) is 11.1 Å². The molecular formula is C22H28N2O4S. The molecule has 2 unspecified atom stereocenters. The van der Waals surface area contributed by atoms with E-state index in [0.717, 1.165) is 29.4 Å². The maximum Gasteiger partial charge on any atom is 0.409 e. The van der Waals surface area contributed by atoms with Crippen molar-refractivity contribution in [2.24, 2.45) is 0 Å². The van der Waals surface area contributed by atoms with Crippen LogP contribution in [0.25, 0.3) is 11.1 Å². The van der Waals surface area contributed by atoms with E-state index in [9.17, 15) is 13.2 Å². The zero-order chi connectivity index (χ0) is 21.0. The van der Waals surface area contributed by atoms with Gasteiger partial charge in [0.25, 0.3) is 0 Å². The number of benzene rings is 2. The minimum absolute atomic E-state index is 0.306. The summed E-state index contributed by atoms with van der Waals surface area (Å²) in [5.74, 6) is 0. The third kappa shape index (κ3) is 5.58. The lowest BCUT2D eigenvalue weighted by molar-refractivity contribution is 0.0792. The molecule has 2 aromatic rings. The predicted molar refractivity (Wildman–Crippen MR) is 114 cm³/mol. The molecule has 29 heavy (non-hydrogen) atoms. The van der Waals surface area contributed by atoms with E-state index in [1.165, 1.54) is 12.7 Å². The normalized spacial score (nSPS) is 19.8. The summed E-state index contributed by atoms with van der Waals surface area (Å²) in [6, 6.07) is 15.8. The van der Waals surface area contributed by atoms with Crippen LogP contribution in [-0.4, -0.2) is 51.4 Å². The first-order chi connectivity index (χ1) is 13.8. The number of rotatable bonds is 5. The Morgan fingerprint density at radius 2 is 1.90 bits per heavy atom. The van der Waals surface area contributed by atoms with Crippen molar-refractivity contribution in [2.45, 2.75) is 38.3 Å². The number of sulfonamides is 1. The molecule has 1 N–H and O–H groups in total. The van der Waals surface area contributed by atoms with Crippen LogP contribution in [0.4, 0.5) is 4.79 Å². The molecule has 1 aliphatic heterocycles. The van der Waals surface area contributed by atoms with Crippen molar-refractivity contribution < 1.29 is 17.9 Å². The number of methoxy groups -OCH3 is 1. The van der Waals surface area contributed by atoms with Gasteiger partial charge < -0.3 is 9.64 Å². The van der Waals surface area contributed by atoms with Crippen LogP contribution in [0, 0.1) is 6.92 Å². The minimum atomic E-state index is -3.39. The number of nitrogens with one attached hydrogen (secondary N) is 1. The number of carbonyl (C=O) groups excluding carboxylic acids is 1. The van der Waals surface area contributed by atoms with Gasteiger partial charge in [-0.3, -0.25) is 0 Å². The summed E-state index contributed by atoms with van der Waals surface area (Å²) in [5, 5.41) is 0. The fourth-order valence-corrected chi connectivity index (χ4v) is 4.76. The lowest BCUT2D eigenvalue weighted by Crippen LogP contribution is -2.57. The second-order valence-electron chi connectivity index (χ2n) is 7.64. The Hall–Kier alpha value is -2.38. The van der Waals surface area contributed by atoms with Crippen LogP contribution in [0.1, 0.15) is 24.0 Å². The van der Waals surface area contributed by atoms with Crippen LogP contribution in [0.3, 0.4) is 0 Å². The number of likely N-dealkylation sites (tertiary alicyclic amines) is 1. The number of nitrogens with zero attached hydrogens (tertiary/aromatic N) is 1. The maximum absolute atomic E-state index is 12.3. The van der Waals surface area contributed by atoms with Crippen molar-refractivity contribution >= 4 is 16.1 Å². The van der Waals surface area contributed by atoms with E-state index in [4.69, 9.17) is 4.74 Å². The number of ether oxygens (including phenoxy) is 1. The number of piperidine rings is 1. The van der Waals surface area contributed by atoms with Crippen LogP contribution in [-0.2, 0) is 21.2 Å². The molecule has 2 aromatic carbocycles. The van der Waals surface area contributed by atoms with Crippen molar-refractivity contribution in [1.29, 1.82) is 0 Å². The second-order valence-corrected chi connectivity index (χ2v) is 9.42. The second kappa shape index (κ2) is 8.97. The summed E-state index contributed by atoms with van der Waals surface area (Å²) >= 11 is 0. The molecule has 1 heterocycles. The molecule has 0 aromatic heterocycles. The molecule has 2 atom stereocenters. The topological polar surface area (TPSA) is 75.7 Å². The van der Waals surface area contributed by atoms with Gasteiger partial charge in [-0.1, -0.05) is 54.1 Å². The summed E-state index contributed by atoms with van der Waals surface area (Å²) in [4.78, 5) is 14.0. The molecule has 7 heteroatoms. The van der Waals surface area contributed by atoms with Gasteiger partial charge in [0.1, 0.15) is 0 Å². The SMILES string of the molecule is COC(=O)N1CCCC(NS(C)(=O)=O)C1Cc1cccc(-c2ccc(C)cc2)c1. The number of carbonyl (C=O) groups is 1. The molecule has 156 valence electrons. The van der Waals surface area contributed by atoms with E-state index in [0.29, 0.717) is 19.4 Å². The predicted octanol–water partition coefficient (Wildman–Crippen LogP) is 3.35. The largest absolute Gasteiger partial charge is 0.453 e. The average Bonchev–Trinajstić information content (AvgIpc) is 2.68. The Labute approximate surface area is 172 Å². The Balaban J connectivity index is 1.89. The highest BCUT2D eigenvalue weighted by Crippen LogP contribution is 2.26. The van der Waals surface area contributed by atoms with E-state index in [2.05, 4.69) is 48.0 Å². The van der Waals surface area contributed by atoms with Crippen molar-refractivity contribution in [1.82, 2.24) is 9.62 Å². The first-order valence-electron chi connectivity index (χ1n) is 9.75. The third-order valence-electron chi connectivity index (χ3n) is 5.31. The number of amides is 1. The summed E-state index contributed by atoms with van der Waals surface area (Å²) < 4.78 is 31.4. The van der Waals surface area contributed by atoms with Gasteiger partial charge in [0, 0.05) is 12.6 Å². The van der Waals surface area contributed by atoms with Crippen molar-refractivity contribution in [3.63, 3.8) is 0 Å². The van der Waals surface area contributed by atoms with Gasteiger partial charge in [-0.15, -0.1) is 0 Å². The molecule has 0 saturated carbocycles. The van der Waals surface area contributed by atoms with Crippen molar-refractivity contribution in [3.05, 3.63) is 59.7 Å². The highest BCUT2D eigenvalue weighted by Gasteiger charge is 2.36. The van der Waals surface area contributed by atoms with Crippen LogP contribution in [0.2, 0.25) is 0 Å². The number of hydrogen-bond donors (Lipinski definition) is 1. The van der Waals surface area contributed by atoms with E-state index in [1.54, 1.807) is 4.90 Å². The van der Waals surface area contributed by atoms with Gasteiger partial charge in [-0.05, 0) is 42.9 Å². The van der Waals surface area contributed by atoms with Gasteiger partial charge in [0.2, 0.25) is 10.0 Å². The molecule has 0 spiro atoms. The summed E-state index contributed by atoms with van der Waals surface area (Å²) in [5.41, 5.74) is 4.46. The van der Waals surface area contributed by atoms with Gasteiger partial charge in [0.15, 0.2) is 0 Å². The number of aryl methyl sites for hydroxylation is 1. The number of hydrogen-bond acceptors (Lipinski definition) is 4. The van der Waals surface area contributed by atoms with Crippen molar-refractivity contribution in [2.75, 3.05) is 19.9 Å². The van der Waals surface area contributed by atoms with E-state index >= 15 is 0 Å². The molecule has 1 saturated heterocycles. The summed E-state index contributed by atoms with van der Waals surface area (Å²) in [7, 11) is -2.04. The Kier molecular flexibility index (Phi) is 6.59. The highest BCUT2D eigenvalue weighted by molar-refractivity contribution is 7.88. The molecule has 6 nitrogen and oxygen atoms in total. The summed E-state index contributed by atoms with van der Waals surface area (Å²) in [6.07, 6.45) is 2.68. The molecule has 0 bridgehead atoms. The van der Waals surface area contributed by atoms with Gasteiger partial charge >= 0.3 is 6.09 Å². The van der Waals surface area contributed by atoms with E-state index < -0.39 is 16.1 Å². The molecule has 3 rings (SSSR count). The molecular weight excluding hydrogens is 388 g/mol. The Morgan fingerprint density at radius 3 is 2.55 bits per heavy atom. The first-order valence-corrected chi connectivity index (χ1v) is 11.6. The Morgan fingerprint density at radius 1 is 1.17 bits per heavy atom. The first kappa shape index (κ1) is 21.3. The lowest BCUT2D eigenvalue weighted by atomic mass is 9.90. The maximum atomic E-state index is 12.3. The molecule has 1 aliphatic rings. The molecule has 1 amide bonds.